The number of hydrogen-bond acceptors (Lipinski definition) is 3. The third kappa shape index (κ3) is 3.20. The molecule has 3 rings (SSSR count). The van der Waals surface area contributed by atoms with E-state index in [1.165, 1.54) is 29.2 Å². The Morgan fingerprint density at radius 2 is 1.80 bits per heavy atom. The highest BCUT2D eigenvalue weighted by atomic mass is 19.1. The molecule has 0 saturated carbocycles. The van der Waals surface area contributed by atoms with Crippen LogP contribution in [0.25, 0.3) is 0 Å². The van der Waals surface area contributed by atoms with Gasteiger partial charge in [-0.05, 0) is 57.2 Å². The standard InChI is InChI=1S/C19H20FN3O2/c1-12(17(24)21-14-10-8-13(20)9-11-14)23-16-7-5-4-6-15(16)22-19(2,3)18(23)25/h4-12,22H,1-3H3,(H,21,24). The van der Waals surface area contributed by atoms with Crippen molar-refractivity contribution >= 4 is 28.9 Å². The van der Waals surface area contributed by atoms with Crippen molar-refractivity contribution in [1.29, 1.82) is 0 Å². The van der Waals surface area contributed by atoms with Gasteiger partial charge in [-0.25, -0.2) is 4.39 Å². The molecule has 0 fully saturated rings. The van der Waals surface area contributed by atoms with Crippen LogP contribution in [0.4, 0.5) is 21.5 Å². The average Bonchev–Trinajstić information content (AvgIpc) is 2.57. The highest BCUT2D eigenvalue weighted by Crippen LogP contribution is 2.36. The van der Waals surface area contributed by atoms with Crippen LogP contribution < -0.4 is 15.5 Å². The predicted molar refractivity (Wildman–Crippen MR) is 96.1 cm³/mol. The van der Waals surface area contributed by atoms with E-state index in [0.717, 1.165) is 5.69 Å². The minimum atomic E-state index is -0.821. The van der Waals surface area contributed by atoms with Gasteiger partial charge in [0.15, 0.2) is 0 Å². The predicted octanol–water partition coefficient (Wildman–Crippen LogP) is 3.39. The molecule has 6 heteroatoms. The van der Waals surface area contributed by atoms with E-state index >= 15 is 0 Å². The van der Waals surface area contributed by atoms with Crippen molar-refractivity contribution in [1.82, 2.24) is 0 Å². The molecule has 2 N–H and O–H groups in total. The highest BCUT2D eigenvalue weighted by molar-refractivity contribution is 6.12. The third-order valence-corrected chi connectivity index (χ3v) is 4.24. The minimum Gasteiger partial charge on any atom is -0.370 e. The third-order valence-electron chi connectivity index (χ3n) is 4.24. The number of para-hydroxylation sites is 2. The summed E-state index contributed by atoms with van der Waals surface area (Å²) in [4.78, 5) is 27.0. The number of halogens is 1. The van der Waals surface area contributed by atoms with Gasteiger partial charge in [0.05, 0.1) is 11.4 Å². The van der Waals surface area contributed by atoms with Crippen LogP contribution in [-0.2, 0) is 9.59 Å². The Morgan fingerprint density at radius 3 is 2.48 bits per heavy atom. The second-order valence-corrected chi connectivity index (χ2v) is 6.61. The number of amides is 2. The van der Waals surface area contributed by atoms with E-state index in [1.54, 1.807) is 26.8 Å². The number of nitrogens with zero attached hydrogens (tertiary/aromatic N) is 1. The zero-order valence-electron chi connectivity index (χ0n) is 14.3. The van der Waals surface area contributed by atoms with Gasteiger partial charge in [0.25, 0.3) is 5.91 Å². The molecule has 2 aromatic carbocycles. The molecule has 1 heterocycles. The number of nitrogens with one attached hydrogen (secondary N) is 2. The number of carbonyl (C=O) groups excluding carboxylic acids is 2. The van der Waals surface area contributed by atoms with Crippen LogP contribution in [0, 0.1) is 5.82 Å². The van der Waals surface area contributed by atoms with Crippen molar-refractivity contribution in [2.45, 2.75) is 32.4 Å². The topological polar surface area (TPSA) is 61.4 Å². The summed E-state index contributed by atoms with van der Waals surface area (Å²) in [6.45, 7) is 5.24. The molecule has 2 amide bonds. The van der Waals surface area contributed by atoms with Crippen LogP contribution in [-0.4, -0.2) is 23.4 Å². The van der Waals surface area contributed by atoms with Crippen LogP contribution in [0.15, 0.2) is 48.5 Å². The molecule has 2 aromatic rings. The van der Waals surface area contributed by atoms with E-state index in [2.05, 4.69) is 10.6 Å². The van der Waals surface area contributed by atoms with Crippen LogP contribution in [0.3, 0.4) is 0 Å². The lowest BCUT2D eigenvalue weighted by molar-refractivity contribution is -0.125. The molecule has 1 aliphatic rings. The fraction of sp³-hybridized carbons (Fsp3) is 0.263. The van der Waals surface area contributed by atoms with Crippen molar-refractivity contribution in [3.05, 3.63) is 54.3 Å². The molecule has 1 atom stereocenters. The zero-order valence-corrected chi connectivity index (χ0v) is 14.3. The van der Waals surface area contributed by atoms with E-state index in [1.807, 2.05) is 18.2 Å². The Balaban J connectivity index is 1.89. The molecule has 0 aromatic heterocycles. The van der Waals surface area contributed by atoms with Gasteiger partial charge in [0, 0.05) is 5.69 Å². The first-order valence-electron chi connectivity index (χ1n) is 8.07. The Bertz CT molecular complexity index is 818. The Morgan fingerprint density at radius 1 is 1.16 bits per heavy atom. The van der Waals surface area contributed by atoms with Gasteiger partial charge >= 0.3 is 0 Å². The summed E-state index contributed by atoms with van der Waals surface area (Å²) in [6.07, 6.45) is 0. The lowest BCUT2D eigenvalue weighted by Gasteiger charge is -2.42. The zero-order chi connectivity index (χ0) is 18.2. The first-order chi connectivity index (χ1) is 11.8. The van der Waals surface area contributed by atoms with E-state index < -0.39 is 11.6 Å². The largest absolute Gasteiger partial charge is 0.370 e. The Labute approximate surface area is 145 Å². The van der Waals surface area contributed by atoms with E-state index in [0.29, 0.717) is 11.4 Å². The Hall–Kier alpha value is -2.89. The van der Waals surface area contributed by atoms with Crippen LogP contribution in [0.1, 0.15) is 20.8 Å². The van der Waals surface area contributed by atoms with Crippen molar-refractivity contribution in [3.63, 3.8) is 0 Å². The fourth-order valence-corrected chi connectivity index (χ4v) is 2.87. The summed E-state index contributed by atoms with van der Waals surface area (Å²) >= 11 is 0. The monoisotopic (exact) mass is 341 g/mol. The summed E-state index contributed by atoms with van der Waals surface area (Å²) in [5, 5.41) is 5.93. The van der Waals surface area contributed by atoms with Crippen LogP contribution in [0.5, 0.6) is 0 Å². The molecular weight excluding hydrogens is 321 g/mol. The number of anilines is 3. The number of benzene rings is 2. The first kappa shape index (κ1) is 17.0. The first-order valence-corrected chi connectivity index (χ1v) is 8.07. The van der Waals surface area contributed by atoms with Gasteiger partial charge in [0.2, 0.25) is 5.91 Å². The quantitative estimate of drug-likeness (QED) is 0.899. The molecule has 0 radical (unpaired) electrons. The lowest BCUT2D eigenvalue weighted by atomic mass is 9.96. The van der Waals surface area contributed by atoms with Crippen molar-refractivity contribution in [2.24, 2.45) is 0 Å². The number of rotatable bonds is 3. The summed E-state index contributed by atoms with van der Waals surface area (Å²) in [7, 11) is 0. The van der Waals surface area contributed by atoms with Crippen LogP contribution in [0.2, 0.25) is 0 Å². The molecule has 0 saturated heterocycles. The van der Waals surface area contributed by atoms with E-state index in [4.69, 9.17) is 0 Å². The molecule has 130 valence electrons. The second-order valence-electron chi connectivity index (χ2n) is 6.61. The maximum absolute atomic E-state index is 13.0. The summed E-state index contributed by atoms with van der Waals surface area (Å²) in [5.74, 6) is -0.903. The van der Waals surface area contributed by atoms with Gasteiger partial charge in [-0.1, -0.05) is 12.1 Å². The van der Waals surface area contributed by atoms with Gasteiger partial charge in [-0.3, -0.25) is 14.5 Å². The lowest BCUT2D eigenvalue weighted by Crippen LogP contribution is -2.58. The SMILES string of the molecule is CC(C(=O)Nc1ccc(F)cc1)N1C(=O)C(C)(C)Nc2ccccc21. The summed E-state index contributed by atoms with van der Waals surface area (Å²) < 4.78 is 13.0. The molecule has 5 nitrogen and oxygen atoms in total. The average molecular weight is 341 g/mol. The molecule has 25 heavy (non-hydrogen) atoms. The number of hydrogen-bond donors (Lipinski definition) is 2. The van der Waals surface area contributed by atoms with Gasteiger partial charge < -0.3 is 10.6 Å². The van der Waals surface area contributed by atoms with Crippen LogP contribution >= 0.6 is 0 Å². The van der Waals surface area contributed by atoms with E-state index in [-0.39, 0.29) is 17.6 Å². The summed E-state index contributed by atoms with van der Waals surface area (Å²) in [6, 6.07) is 12.2. The second kappa shape index (κ2) is 6.20. The van der Waals surface area contributed by atoms with Crippen molar-refractivity contribution < 1.29 is 14.0 Å². The molecule has 1 unspecified atom stereocenters. The summed E-state index contributed by atoms with van der Waals surface area (Å²) in [5.41, 5.74) is 1.12. The molecular formula is C19H20FN3O2. The van der Waals surface area contributed by atoms with Gasteiger partial charge in [-0.15, -0.1) is 0 Å². The fourth-order valence-electron chi connectivity index (χ4n) is 2.87. The normalized spacial score (nSPS) is 16.6. The number of carbonyl (C=O) groups is 2. The smallest absolute Gasteiger partial charge is 0.252 e. The van der Waals surface area contributed by atoms with Crippen molar-refractivity contribution in [2.75, 3.05) is 15.5 Å². The van der Waals surface area contributed by atoms with E-state index in [9.17, 15) is 14.0 Å². The van der Waals surface area contributed by atoms with Gasteiger partial charge in [0.1, 0.15) is 17.4 Å². The van der Waals surface area contributed by atoms with Crippen molar-refractivity contribution in [3.8, 4) is 0 Å². The highest BCUT2D eigenvalue weighted by Gasteiger charge is 2.42. The molecule has 0 bridgehead atoms. The maximum atomic E-state index is 13.0. The van der Waals surface area contributed by atoms with Gasteiger partial charge in [-0.2, -0.15) is 0 Å². The molecule has 0 aliphatic carbocycles. The molecule has 0 spiro atoms. The Kier molecular flexibility index (Phi) is 4.20. The molecule has 1 aliphatic heterocycles. The maximum Gasteiger partial charge on any atom is 0.252 e. The number of fused-ring (bicyclic) bond motifs is 1. The minimum absolute atomic E-state index is 0.187.